The number of carbonyl (C=O) groups is 1. The molecule has 0 heterocycles. The van der Waals surface area contributed by atoms with E-state index in [9.17, 15) is 19.3 Å². The van der Waals surface area contributed by atoms with Gasteiger partial charge in [-0.3, -0.25) is 14.9 Å². The molecule has 0 fully saturated rings. The largest absolute Gasteiger partial charge is 0.324 e. The van der Waals surface area contributed by atoms with E-state index in [0.29, 0.717) is 0 Å². The van der Waals surface area contributed by atoms with Crippen LogP contribution in [0.5, 0.6) is 0 Å². The van der Waals surface area contributed by atoms with Crippen molar-refractivity contribution < 1.29 is 14.1 Å². The Hall–Kier alpha value is -2.12. The molecule has 0 radical (unpaired) electrons. The summed E-state index contributed by atoms with van der Waals surface area (Å²) in [4.78, 5) is 23.1. The SMILES string of the molecule is CC(Sc1ccc(F)cc1)C(=O)Nc1cc([N+](=O)[O-])ccc1Cl. The molecule has 1 amide bonds. The number of rotatable bonds is 5. The van der Waals surface area contributed by atoms with E-state index in [-0.39, 0.29) is 28.1 Å². The number of hydrogen-bond acceptors (Lipinski definition) is 4. The molecule has 0 aliphatic rings. The zero-order valence-corrected chi connectivity index (χ0v) is 13.5. The minimum Gasteiger partial charge on any atom is -0.324 e. The highest BCUT2D eigenvalue weighted by molar-refractivity contribution is 8.00. The number of nitro benzene ring substituents is 1. The Morgan fingerprint density at radius 2 is 1.96 bits per heavy atom. The summed E-state index contributed by atoms with van der Waals surface area (Å²) in [5.41, 5.74) is 0.0148. The van der Waals surface area contributed by atoms with Gasteiger partial charge in [-0.05, 0) is 37.3 Å². The average molecular weight is 355 g/mol. The molecule has 5 nitrogen and oxygen atoms in total. The molecule has 0 saturated heterocycles. The van der Waals surface area contributed by atoms with Crippen molar-refractivity contribution in [1.82, 2.24) is 0 Å². The van der Waals surface area contributed by atoms with E-state index in [1.54, 1.807) is 19.1 Å². The Morgan fingerprint density at radius 3 is 2.57 bits per heavy atom. The highest BCUT2D eigenvalue weighted by atomic mass is 35.5. The number of anilines is 1. The van der Waals surface area contributed by atoms with Gasteiger partial charge in [0.2, 0.25) is 5.91 Å². The van der Waals surface area contributed by atoms with Crippen LogP contribution in [0.3, 0.4) is 0 Å². The standard InChI is InChI=1S/C15H12ClFN2O3S/c1-9(23-12-5-2-10(17)3-6-12)15(20)18-14-8-11(19(21)22)4-7-13(14)16/h2-9H,1H3,(H,18,20). The van der Waals surface area contributed by atoms with Crippen molar-refractivity contribution in [3.8, 4) is 0 Å². The molecule has 0 spiro atoms. The smallest absolute Gasteiger partial charge is 0.271 e. The molecule has 0 aliphatic heterocycles. The van der Waals surface area contributed by atoms with Crippen molar-refractivity contribution in [2.75, 3.05) is 5.32 Å². The zero-order valence-electron chi connectivity index (χ0n) is 12.0. The lowest BCUT2D eigenvalue weighted by Crippen LogP contribution is -2.22. The summed E-state index contributed by atoms with van der Waals surface area (Å²) < 4.78 is 12.9. The van der Waals surface area contributed by atoms with Gasteiger partial charge in [-0.25, -0.2) is 4.39 Å². The molecule has 2 rings (SSSR count). The van der Waals surface area contributed by atoms with E-state index < -0.39 is 10.2 Å². The number of nitrogens with one attached hydrogen (secondary N) is 1. The first kappa shape index (κ1) is 17.2. The summed E-state index contributed by atoms with van der Waals surface area (Å²) in [7, 11) is 0. The first-order chi connectivity index (χ1) is 10.9. The fourth-order valence-electron chi connectivity index (χ4n) is 1.73. The van der Waals surface area contributed by atoms with Crippen LogP contribution in [-0.4, -0.2) is 16.1 Å². The first-order valence-electron chi connectivity index (χ1n) is 6.54. The average Bonchev–Trinajstić information content (AvgIpc) is 2.51. The van der Waals surface area contributed by atoms with Crippen molar-refractivity contribution in [2.45, 2.75) is 17.1 Å². The van der Waals surface area contributed by atoms with Gasteiger partial charge >= 0.3 is 0 Å². The normalized spacial score (nSPS) is 11.8. The molecule has 0 saturated carbocycles. The van der Waals surface area contributed by atoms with Crippen LogP contribution in [-0.2, 0) is 4.79 Å². The number of nitro groups is 1. The number of carbonyl (C=O) groups excluding carboxylic acids is 1. The topological polar surface area (TPSA) is 72.2 Å². The summed E-state index contributed by atoms with van der Waals surface area (Å²) >= 11 is 7.18. The number of halogens is 2. The van der Waals surface area contributed by atoms with Gasteiger partial charge < -0.3 is 5.32 Å². The van der Waals surface area contributed by atoms with Crippen LogP contribution in [0.25, 0.3) is 0 Å². The molecule has 23 heavy (non-hydrogen) atoms. The monoisotopic (exact) mass is 354 g/mol. The van der Waals surface area contributed by atoms with Gasteiger partial charge in [0.25, 0.3) is 5.69 Å². The molecule has 120 valence electrons. The number of hydrogen-bond donors (Lipinski definition) is 1. The number of nitrogens with zero attached hydrogens (tertiary/aromatic N) is 1. The van der Waals surface area contributed by atoms with Gasteiger partial charge in [0.15, 0.2) is 0 Å². The van der Waals surface area contributed by atoms with Crippen molar-refractivity contribution in [1.29, 1.82) is 0 Å². The molecule has 0 bridgehead atoms. The zero-order chi connectivity index (χ0) is 17.0. The van der Waals surface area contributed by atoms with Gasteiger partial charge in [-0.1, -0.05) is 11.6 Å². The van der Waals surface area contributed by atoms with Crippen LogP contribution in [0.15, 0.2) is 47.4 Å². The first-order valence-corrected chi connectivity index (χ1v) is 7.79. The number of benzene rings is 2. The molecule has 1 atom stereocenters. The van der Waals surface area contributed by atoms with Crippen LogP contribution < -0.4 is 5.32 Å². The van der Waals surface area contributed by atoms with E-state index in [1.165, 1.54) is 42.1 Å². The second-order valence-electron chi connectivity index (χ2n) is 4.62. The fraction of sp³-hybridized carbons (Fsp3) is 0.133. The Kier molecular flexibility index (Phi) is 5.57. The van der Waals surface area contributed by atoms with Crippen molar-refractivity contribution >= 4 is 40.6 Å². The van der Waals surface area contributed by atoms with Gasteiger partial charge in [-0.15, -0.1) is 11.8 Å². The van der Waals surface area contributed by atoms with E-state index in [1.807, 2.05) is 0 Å². The van der Waals surface area contributed by atoms with Crippen LogP contribution in [0.4, 0.5) is 15.8 Å². The highest BCUT2D eigenvalue weighted by Gasteiger charge is 2.17. The lowest BCUT2D eigenvalue weighted by molar-refractivity contribution is -0.384. The summed E-state index contributed by atoms with van der Waals surface area (Å²) in [5, 5.41) is 13.1. The predicted octanol–water partition coefficient (Wildman–Crippen LogP) is 4.51. The van der Waals surface area contributed by atoms with Gasteiger partial charge in [0, 0.05) is 17.0 Å². The van der Waals surface area contributed by atoms with E-state index in [0.717, 1.165) is 4.90 Å². The molecular formula is C15H12ClFN2O3S. The number of amides is 1. The maximum Gasteiger partial charge on any atom is 0.271 e. The van der Waals surface area contributed by atoms with E-state index in [2.05, 4.69) is 5.32 Å². The van der Waals surface area contributed by atoms with E-state index >= 15 is 0 Å². The molecule has 2 aromatic rings. The third-order valence-corrected chi connectivity index (χ3v) is 4.36. The minimum absolute atomic E-state index is 0.163. The van der Waals surface area contributed by atoms with Crippen molar-refractivity contribution in [3.63, 3.8) is 0 Å². The maximum atomic E-state index is 12.9. The number of non-ortho nitro benzene ring substituents is 1. The summed E-state index contributed by atoms with van der Waals surface area (Å²) in [5.74, 6) is -0.712. The van der Waals surface area contributed by atoms with Gasteiger partial charge in [0.1, 0.15) is 5.82 Å². The van der Waals surface area contributed by atoms with Gasteiger partial charge in [-0.2, -0.15) is 0 Å². The van der Waals surface area contributed by atoms with Crippen molar-refractivity contribution in [2.24, 2.45) is 0 Å². The molecule has 0 aromatic heterocycles. The lowest BCUT2D eigenvalue weighted by Gasteiger charge is -2.13. The summed E-state index contributed by atoms with van der Waals surface area (Å²) in [6.45, 7) is 1.68. The van der Waals surface area contributed by atoms with Crippen LogP contribution >= 0.6 is 23.4 Å². The highest BCUT2D eigenvalue weighted by Crippen LogP contribution is 2.29. The van der Waals surface area contributed by atoms with Gasteiger partial charge in [0.05, 0.1) is 20.9 Å². The lowest BCUT2D eigenvalue weighted by atomic mass is 10.2. The number of thioether (sulfide) groups is 1. The Morgan fingerprint density at radius 1 is 1.30 bits per heavy atom. The Labute approximate surface area is 141 Å². The Bertz CT molecular complexity index is 740. The summed E-state index contributed by atoms with van der Waals surface area (Å²) in [6.07, 6.45) is 0. The second-order valence-corrected chi connectivity index (χ2v) is 6.45. The predicted molar refractivity (Wildman–Crippen MR) is 88.5 cm³/mol. The molecule has 1 N–H and O–H groups in total. The molecule has 2 aromatic carbocycles. The molecule has 1 unspecified atom stereocenters. The quantitative estimate of drug-likeness (QED) is 0.487. The molecule has 8 heteroatoms. The van der Waals surface area contributed by atoms with Crippen molar-refractivity contribution in [3.05, 3.63) is 63.4 Å². The van der Waals surface area contributed by atoms with Crippen LogP contribution in [0, 0.1) is 15.9 Å². The van der Waals surface area contributed by atoms with Crippen LogP contribution in [0.1, 0.15) is 6.92 Å². The minimum atomic E-state index is -0.567. The maximum absolute atomic E-state index is 12.9. The fourth-order valence-corrected chi connectivity index (χ4v) is 2.76. The second kappa shape index (κ2) is 7.43. The third kappa shape index (κ3) is 4.67. The van der Waals surface area contributed by atoms with E-state index in [4.69, 9.17) is 11.6 Å². The Balaban J connectivity index is 2.07. The third-order valence-electron chi connectivity index (χ3n) is 2.91. The molecular weight excluding hydrogens is 343 g/mol. The summed E-state index contributed by atoms with van der Waals surface area (Å²) in [6, 6.07) is 9.58. The van der Waals surface area contributed by atoms with Crippen LogP contribution in [0.2, 0.25) is 5.02 Å². The molecule has 0 aliphatic carbocycles.